The van der Waals surface area contributed by atoms with Gasteiger partial charge in [-0.2, -0.15) is 0 Å². The van der Waals surface area contributed by atoms with Crippen molar-refractivity contribution in [2.45, 2.75) is 50.9 Å². The van der Waals surface area contributed by atoms with Crippen LogP contribution in [-0.4, -0.2) is 7.11 Å². The highest BCUT2D eigenvalue weighted by Crippen LogP contribution is 2.40. The van der Waals surface area contributed by atoms with Crippen LogP contribution >= 0.6 is 0 Å². The number of rotatable bonds is 4. The Morgan fingerprint density at radius 2 is 1.23 bits per heavy atom. The molecule has 116 valence electrons. The summed E-state index contributed by atoms with van der Waals surface area (Å²) in [4.78, 5) is 0. The second-order valence-electron chi connectivity index (χ2n) is 6.42. The van der Waals surface area contributed by atoms with E-state index in [-0.39, 0.29) is 0 Å². The fraction of sp³-hybridized carbons (Fsp3) is 0.429. The van der Waals surface area contributed by atoms with Crippen molar-refractivity contribution in [2.24, 2.45) is 0 Å². The summed E-state index contributed by atoms with van der Waals surface area (Å²) in [6, 6.07) is 17.9. The summed E-state index contributed by atoms with van der Waals surface area (Å²) in [6.45, 7) is 2.22. The van der Waals surface area contributed by atoms with Gasteiger partial charge in [-0.05, 0) is 72.8 Å². The molecular weight excluding hydrogens is 268 g/mol. The largest absolute Gasteiger partial charge is 0.497 e. The van der Waals surface area contributed by atoms with Gasteiger partial charge < -0.3 is 4.74 Å². The topological polar surface area (TPSA) is 9.23 Å². The lowest BCUT2D eigenvalue weighted by Gasteiger charge is -2.29. The molecule has 0 amide bonds. The first-order valence-electron chi connectivity index (χ1n) is 8.53. The average Bonchev–Trinajstić information content (AvgIpc) is 2.62. The van der Waals surface area contributed by atoms with Crippen LogP contribution in [-0.2, 0) is 6.42 Å². The van der Waals surface area contributed by atoms with Crippen molar-refractivity contribution >= 4 is 0 Å². The molecule has 22 heavy (non-hydrogen) atoms. The van der Waals surface area contributed by atoms with E-state index in [0.29, 0.717) is 0 Å². The number of benzene rings is 2. The fourth-order valence-electron chi connectivity index (χ4n) is 3.66. The average molecular weight is 294 g/mol. The van der Waals surface area contributed by atoms with Gasteiger partial charge in [-0.25, -0.2) is 0 Å². The molecule has 0 bridgehead atoms. The van der Waals surface area contributed by atoms with Crippen LogP contribution in [0.15, 0.2) is 48.5 Å². The van der Waals surface area contributed by atoms with Gasteiger partial charge in [0.1, 0.15) is 5.75 Å². The van der Waals surface area contributed by atoms with E-state index in [1.807, 2.05) is 0 Å². The van der Waals surface area contributed by atoms with Gasteiger partial charge in [0.2, 0.25) is 0 Å². The third kappa shape index (κ3) is 3.35. The van der Waals surface area contributed by atoms with E-state index in [0.717, 1.165) is 24.0 Å². The third-order valence-electron chi connectivity index (χ3n) is 5.17. The summed E-state index contributed by atoms with van der Waals surface area (Å²) in [6.07, 6.45) is 6.34. The molecule has 1 aliphatic carbocycles. The Morgan fingerprint density at radius 3 is 1.64 bits per heavy atom. The summed E-state index contributed by atoms with van der Waals surface area (Å²) in [5.74, 6) is 2.42. The zero-order chi connectivity index (χ0) is 15.4. The Labute approximate surface area is 134 Å². The molecule has 2 aromatic carbocycles. The standard InChI is InChI=1S/C21H26O/c1-3-16-4-6-17(7-5-16)18-8-10-19(11-9-18)20-12-14-21(22-2)15-13-20/h4-7,12-15,18-19H,3,8-11H2,1-2H3. The minimum absolute atomic E-state index is 0.720. The SMILES string of the molecule is CCc1ccc(C2CCC(c3ccc(OC)cc3)CC2)cc1. The molecule has 1 heteroatoms. The second kappa shape index (κ2) is 7.00. The molecule has 0 aromatic heterocycles. The second-order valence-corrected chi connectivity index (χ2v) is 6.42. The summed E-state index contributed by atoms with van der Waals surface area (Å²) >= 11 is 0. The molecular formula is C21H26O. The van der Waals surface area contributed by atoms with Crippen LogP contribution in [0.3, 0.4) is 0 Å². The molecule has 0 aliphatic heterocycles. The van der Waals surface area contributed by atoms with E-state index >= 15 is 0 Å². The van der Waals surface area contributed by atoms with Gasteiger partial charge in [0.05, 0.1) is 7.11 Å². The summed E-state index contributed by atoms with van der Waals surface area (Å²) < 4.78 is 5.25. The molecule has 0 saturated heterocycles. The van der Waals surface area contributed by atoms with Crippen LogP contribution in [0.1, 0.15) is 61.1 Å². The van der Waals surface area contributed by atoms with Gasteiger partial charge in [-0.3, -0.25) is 0 Å². The lowest BCUT2D eigenvalue weighted by molar-refractivity contribution is 0.394. The smallest absolute Gasteiger partial charge is 0.118 e. The summed E-state index contributed by atoms with van der Waals surface area (Å²) in [5.41, 5.74) is 4.45. The predicted octanol–water partition coefficient (Wildman–Crippen LogP) is 5.70. The van der Waals surface area contributed by atoms with Crippen molar-refractivity contribution < 1.29 is 4.74 Å². The van der Waals surface area contributed by atoms with Crippen molar-refractivity contribution in [3.8, 4) is 5.75 Å². The molecule has 1 nitrogen and oxygen atoms in total. The van der Waals surface area contributed by atoms with E-state index in [4.69, 9.17) is 4.74 Å². The van der Waals surface area contributed by atoms with Gasteiger partial charge in [-0.1, -0.05) is 43.3 Å². The van der Waals surface area contributed by atoms with E-state index < -0.39 is 0 Å². The molecule has 1 saturated carbocycles. The van der Waals surface area contributed by atoms with Crippen LogP contribution in [0.5, 0.6) is 5.75 Å². The van der Waals surface area contributed by atoms with Gasteiger partial charge in [0.25, 0.3) is 0 Å². The minimum atomic E-state index is 0.720. The lowest BCUT2D eigenvalue weighted by atomic mass is 9.76. The van der Waals surface area contributed by atoms with Crippen LogP contribution in [0.2, 0.25) is 0 Å². The highest BCUT2D eigenvalue weighted by atomic mass is 16.5. The van der Waals surface area contributed by atoms with Crippen molar-refractivity contribution in [3.63, 3.8) is 0 Å². The van der Waals surface area contributed by atoms with Gasteiger partial charge in [0, 0.05) is 0 Å². The van der Waals surface area contributed by atoms with Crippen molar-refractivity contribution in [1.29, 1.82) is 0 Å². The first-order chi connectivity index (χ1) is 10.8. The number of methoxy groups -OCH3 is 1. The number of aryl methyl sites for hydroxylation is 1. The minimum Gasteiger partial charge on any atom is -0.497 e. The quantitative estimate of drug-likeness (QED) is 0.703. The molecule has 0 unspecified atom stereocenters. The Balaban J connectivity index is 1.61. The summed E-state index contributed by atoms with van der Waals surface area (Å²) in [7, 11) is 1.73. The monoisotopic (exact) mass is 294 g/mol. The Bertz CT molecular complexity index is 519. The normalized spacial score (nSPS) is 21.5. The van der Waals surface area contributed by atoms with Crippen LogP contribution < -0.4 is 4.74 Å². The number of hydrogen-bond acceptors (Lipinski definition) is 1. The molecule has 0 atom stereocenters. The number of ether oxygens (including phenoxy) is 1. The molecule has 2 aromatic rings. The zero-order valence-electron chi connectivity index (χ0n) is 13.7. The molecule has 0 heterocycles. The van der Waals surface area contributed by atoms with E-state index in [1.165, 1.54) is 42.4 Å². The van der Waals surface area contributed by atoms with Crippen LogP contribution in [0.25, 0.3) is 0 Å². The molecule has 1 fully saturated rings. The van der Waals surface area contributed by atoms with Crippen LogP contribution in [0, 0.1) is 0 Å². The third-order valence-corrected chi connectivity index (χ3v) is 5.17. The maximum Gasteiger partial charge on any atom is 0.118 e. The molecule has 1 aliphatic rings. The number of hydrogen-bond donors (Lipinski definition) is 0. The van der Waals surface area contributed by atoms with Crippen LogP contribution in [0.4, 0.5) is 0 Å². The lowest BCUT2D eigenvalue weighted by Crippen LogP contribution is -2.12. The summed E-state index contributed by atoms with van der Waals surface area (Å²) in [5, 5.41) is 0. The maximum absolute atomic E-state index is 5.25. The molecule has 0 radical (unpaired) electrons. The van der Waals surface area contributed by atoms with Gasteiger partial charge in [-0.15, -0.1) is 0 Å². The fourth-order valence-corrected chi connectivity index (χ4v) is 3.66. The first kappa shape index (κ1) is 15.1. The predicted molar refractivity (Wildman–Crippen MR) is 92.8 cm³/mol. The first-order valence-corrected chi connectivity index (χ1v) is 8.53. The van der Waals surface area contributed by atoms with Gasteiger partial charge >= 0.3 is 0 Å². The Morgan fingerprint density at radius 1 is 0.773 bits per heavy atom. The molecule has 0 N–H and O–H groups in total. The van der Waals surface area contributed by atoms with E-state index in [2.05, 4.69) is 55.5 Å². The van der Waals surface area contributed by atoms with E-state index in [9.17, 15) is 0 Å². The molecule has 0 spiro atoms. The Kier molecular flexibility index (Phi) is 4.82. The Hall–Kier alpha value is -1.76. The zero-order valence-corrected chi connectivity index (χ0v) is 13.7. The molecule has 3 rings (SSSR count). The highest BCUT2D eigenvalue weighted by molar-refractivity contribution is 5.31. The van der Waals surface area contributed by atoms with Crippen molar-refractivity contribution in [1.82, 2.24) is 0 Å². The highest BCUT2D eigenvalue weighted by Gasteiger charge is 2.23. The van der Waals surface area contributed by atoms with Crippen molar-refractivity contribution in [3.05, 3.63) is 65.2 Å². The van der Waals surface area contributed by atoms with E-state index in [1.54, 1.807) is 7.11 Å². The van der Waals surface area contributed by atoms with Gasteiger partial charge in [0.15, 0.2) is 0 Å². The maximum atomic E-state index is 5.25. The van der Waals surface area contributed by atoms with Crippen molar-refractivity contribution in [2.75, 3.05) is 7.11 Å².